The number of nitrogens with zero attached hydrogens (tertiary/aromatic N) is 1. The molecule has 3 aromatic rings. The summed E-state index contributed by atoms with van der Waals surface area (Å²) < 4.78 is 46.9. The Morgan fingerprint density at radius 2 is 1.86 bits per heavy atom. The van der Waals surface area contributed by atoms with Gasteiger partial charge in [0, 0.05) is 0 Å². The third kappa shape index (κ3) is 3.68. The molecule has 0 radical (unpaired) electrons. The van der Waals surface area contributed by atoms with Gasteiger partial charge in [-0.1, -0.05) is 24.3 Å². The molecule has 1 aliphatic rings. The minimum absolute atomic E-state index is 0.0142. The summed E-state index contributed by atoms with van der Waals surface area (Å²) >= 11 is 0. The molecule has 144 valence electrons. The third-order valence-corrected chi connectivity index (χ3v) is 4.71. The summed E-state index contributed by atoms with van der Waals surface area (Å²) in [7, 11) is -4.44. The van der Waals surface area contributed by atoms with Crippen molar-refractivity contribution in [2.75, 3.05) is 6.61 Å². The number of hydrazone groups is 1. The molecule has 0 fully saturated rings. The maximum absolute atomic E-state index is 12.2. The van der Waals surface area contributed by atoms with Crippen LogP contribution in [0.2, 0.25) is 0 Å². The molecule has 28 heavy (non-hydrogen) atoms. The van der Waals surface area contributed by atoms with Crippen LogP contribution in [0, 0.1) is 0 Å². The molecule has 2 heterocycles. The van der Waals surface area contributed by atoms with Crippen molar-refractivity contribution in [2.45, 2.75) is 11.2 Å². The van der Waals surface area contributed by atoms with Gasteiger partial charge in [0.05, 0.1) is 6.21 Å². The number of amides is 1. The van der Waals surface area contributed by atoms with Crippen LogP contribution in [0.4, 0.5) is 0 Å². The molecule has 0 unspecified atom stereocenters. The van der Waals surface area contributed by atoms with Gasteiger partial charge in [0.1, 0.15) is 12.4 Å². The van der Waals surface area contributed by atoms with Gasteiger partial charge in [0.2, 0.25) is 11.2 Å². The Balaban J connectivity index is 1.42. The topological polar surface area (TPSA) is 127 Å². The summed E-state index contributed by atoms with van der Waals surface area (Å²) in [4.78, 5) is 12.2. The first kappa shape index (κ1) is 18.0. The first-order valence-corrected chi connectivity index (χ1v) is 9.57. The monoisotopic (exact) mass is 402 g/mol. The lowest BCUT2D eigenvalue weighted by Crippen LogP contribution is -2.42. The number of furan rings is 1. The van der Waals surface area contributed by atoms with E-state index in [1.165, 1.54) is 6.07 Å². The predicted molar refractivity (Wildman–Crippen MR) is 98.1 cm³/mol. The van der Waals surface area contributed by atoms with Crippen molar-refractivity contribution in [1.29, 1.82) is 0 Å². The standard InChI is InChI=1S/C18H14N2O7S/c21-18(20-19-9-13-5-6-17(26-13)28(22,23)24)16-10-25-14-7-11-3-1-2-4-12(11)8-15(14)27-16/h1-9,16H,10H2,(H,20,21)(H,22,23,24)/b19-9-/t16-/m0/s1. The predicted octanol–water partition coefficient (Wildman–Crippen LogP) is 1.97. The fourth-order valence-electron chi connectivity index (χ4n) is 2.66. The Labute approximate surface area is 159 Å². The quantitative estimate of drug-likeness (QED) is 0.388. The Bertz CT molecular complexity index is 1180. The van der Waals surface area contributed by atoms with Gasteiger partial charge in [0.25, 0.3) is 5.91 Å². The lowest BCUT2D eigenvalue weighted by Gasteiger charge is -2.25. The normalized spacial score (nSPS) is 16.4. The fraction of sp³-hybridized carbons (Fsp3) is 0.111. The molecular weight excluding hydrogens is 388 g/mol. The Hall–Kier alpha value is -3.37. The lowest BCUT2D eigenvalue weighted by molar-refractivity contribution is -0.130. The average Bonchev–Trinajstić information content (AvgIpc) is 3.15. The molecule has 1 aliphatic heterocycles. The van der Waals surface area contributed by atoms with Crippen LogP contribution in [0.5, 0.6) is 11.5 Å². The van der Waals surface area contributed by atoms with Crippen LogP contribution in [0.25, 0.3) is 10.8 Å². The summed E-state index contributed by atoms with van der Waals surface area (Å²) in [6.45, 7) is 0.0142. The van der Waals surface area contributed by atoms with Gasteiger partial charge >= 0.3 is 10.1 Å². The second-order valence-electron chi connectivity index (χ2n) is 5.93. The maximum atomic E-state index is 12.2. The van der Waals surface area contributed by atoms with Crippen LogP contribution in [-0.4, -0.2) is 37.8 Å². The van der Waals surface area contributed by atoms with Crippen molar-refractivity contribution in [1.82, 2.24) is 5.43 Å². The molecule has 10 heteroatoms. The van der Waals surface area contributed by atoms with Crippen LogP contribution >= 0.6 is 0 Å². The number of fused-ring (bicyclic) bond motifs is 2. The molecule has 1 amide bonds. The zero-order valence-electron chi connectivity index (χ0n) is 14.2. The number of carbonyl (C=O) groups is 1. The number of nitrogens with one attached hydrogen (secondary N) is 1. The van der Waals surface area contributed by atoms with E-state index in [2.05, 4.69) is 10.5 Å². The molecular formula is C18H14N2O7S. The van der Waals surface area contributed by atoms with E-state index in [4.69, 9.17) is 18.4 Å². The Morgan fingerprint density at radius 3 is 2.54 bits per heavy atom. The molecule has 0 saturated heterocycles. The van der Waals surface area contributed by atoms with Gasteiger partial charge < -0.3 is 13.9 Å². The Morgan fingerprint density at radius 1 is 1.14 bits per heavy atom. The largest absolute Gasteiger partial charge is 0.485 e. The average molecular weight is 402 g/mol. The van der Waals surface area contributed by atoms with E-state index < -0.39 is 27.2 Å². The molecule has 0 bridgehead atoms. The van der Waals surface area contributed by atoms with Gasteiger partial charge in [-0.2, -0.15) is 13.5 Å². The van der Waals surface area contributed by atoms with Gasteiger partial charge in [0.15, 0.2) is 11.5 Å². The van der Waals surface area contributed by atoms with Crippen LogP contribution in [0.15, 0.2) is 63.1 Å². The minimum Gasteiger partial charge on any atom is -0.485 e. The van der Waals surface area contributed by atoms with Crippen LogP contribution < -0.4 is 14.9 Å². The highest BCUT2D eigenvalue weighted by Crippen LogP contribution is 2.35. The minimum atomic E-state index is -4.44. The van der Waals surface area contributed by atoms with Gasteiger partial charge in [-0.15, -0.1) is 0 Å². The van der Waals surface area contributed by atoms with Gasteiger partial charge in [-0.25, -0.2) is 5.43 Å². The summed E-state index contributed by atoms with van der Waals surface area (Å²) in [6, 6.07) is 13.7. The van der Waals surface area contributed by atoms with Crippen LogP contribution in [0.3, 0.4) is 0 Å². The molecule has 0 spiro atoms. The Kier molecular flexibility index (Phi) is 4.49. The summed E-state index contributed by atoms with van der Waals surface area (Å²) in [5, 5.41) is 5.03. The highest BCUT2D eigenvalue weighted by Gasteiger charge is 2.27. The molecule has 0 saturated carbocycles. The molecule has 2 N–H and O–H groups in total. The highest BCUT2D eigenvalue weighted by molar-refractivity contribution is 7.85. The third-order valence-electron chi connectivity index (χ3n) is 3.99. The smallest absolute Gasteiger partial charge is 0.328 e. The zero-order valence-corrected chi connectivity index (χ0v) is 15.0. The van der Waals surface area contributed by atoms with E-state index >= 15 is 0 Å². The van der Waals surface area contributed by atoms with Gasteiger partial charge in [-0.05, 0) is 35.0 Å². The summed E-state index contributed by atoms with van der Waals surface area (Å²) in [5.41, 5.74) is 2.27. The van der Waals surface area contributed by atoms with Gasteiger partial charge in [-0.3, -0.25) is 9.35 Å². The fourth-order valence-corrected chi connectivity index (χ4v) is 3.10. The zero-order chi connectivity index (χ0) is 19.7. The number of benzene rings is 2. The van der Waals surface area contributed by atoms with Crippen LogP contribution in [0.1, 0.15) is 5.76 Å². The SMILES string of the molecule is O=C(N/N=C\c1ccc(S(=O)(=O)O)o1)[C@@H]1COc2cc3ccccc3cc2O1. The molecule has 1 atom stereocenters. The molecule has 1 aromatic heterocycles. The van der Waals surface area contributed by atoms with E-state index in [0.29, 0.717) is 11.5 Å². The molecule has 2 aromatic carbocycles. The molecule has 4 rings (SSSR count). The summed E-state index contributed by atoms with van der Waals surface area (Å²) in [6.07, 6.45) is 0.188. The van der Waals surface area contributed by atoms with E-state index in [-0.39, 0.29) is 12.4 Å². The number of rotatable bonds is 4. The summed E-state index contributed by atoms with van der Waals surface area (Å²) in [5.74, 6) is 0.500. The second kappa shape index (κ2) is 6.98. The van der Waals surface area contributed by atoms with E-state index in [0.717, 1.165) is 23.1 Å². The van der Waals surface area contributed by atoms with Crippen molar-refractivity contribution < 1.29 is 31.7 Å². The van der Waals surface area contributed by atoms with Crippen molar-refractivity contribution in [3.63, 3.8) is 0 Å². The number of hydrogen-bond acceptors (Lipinski definition) is 7. The maximum Gasteiger partial charge on any atom is 0.328 e. The van der Waals surface area contributed by atoms with E-state index in [9.17, 15) is 13.2 Å². The van der Waals surface area contributed by atoms with Crippen molar-refractivity contribution in [3.05, 3.63) is 54.3 Å². The number of carbonyl (C=O) groups excluding carboxylic acids is 1. The first-order valence-electron chi connectivity index (χ1n) is 8.13. The highest BCUT2D eigenvalue weighted by atomic mass is 32.2. The van der Waals surface area contributed by atoms with Crippen molar-refractivity contribution in [3.8, 4) is 11.5 Å². The molecule has 0 aliphatic carbocycles. The second-order valence-corrected chi connectivity index (χ2v) is 7.28. The number of hydrogen-bond donors (Lipinski definition) is 2. The first-order chi connectivity index (χ1) is 13.4. The van der Waals surface area contributed by atoms with E-state index in [1.54, 1.807) is 6.07 Å². The lowest BCUT2D eigenvalue weighted by atomic mass is 10.1. The van der Waals surface area contributed by atoms with Crippen LogP contribution in [-0.2, 0) is 14.9 Å². The van der Waals surface area contributed by atoms with E-state index in [1.807, 2.05) is 30.3 Å². The van der Waals surface area contributed by atoms with Crippen molar-refractivity contribution in [2.24, 2.45) is 5.10 Å². The van der Waals surface area contributed by atoms with Crippen molar-refractivity contribution >= 4 is 33.0 Å². The molecule has 9 nitrogen and oxygen atoms in total. The number of ether oxygens (including phenoxy) is 2.